The first-order chi connectivity index (χ1) is 15.3. The molecule has 0 bridgehead atoms. The zero-order chi connectivity index (χ0) is 22.8. The number of nitrogens with two attached hydrogens (primary N) is 2. The smallest absolute Gasteiger partial charge is 0.267 e. The fourth-order valence-electron chi connectivity index (χ4n) is 3.32. The summed E-state index contributed by atoms with van der Waals surface area (Å²) in [6.07, 6.45) is 0. The molecule has 2 heterocycles. The molecule has 2 aromatic carbocycles. The SMILES string of the molecule is CC(Nc1cc(C(N)=O)nc(-c2ccc(N3CCOc4cc(F)ccc43)cc2)n1)C(N)=O. The number of nitrogens with zero attached hydrogens (tertiary/aromatic N) is 3. The Bertz CT molecular complexity index is 1180. The van der Waals surface area contributed by atoms with E-state index in [1.54, 1.807) is 25.1 Å². The number of rotatable bonds is 6. The van der Waals surface area contributed by atoms with Crippen LogP contribution in [0.2, 0.25) is 0 Å². The second kappa shape index (κ2) is 8.50. The molecule has 1 aromatic heterocycles. The molecule has 0 fully saturated rings. The van der Waals surface area contributed by atoms with Gasteiger partial charge in [-0.2, -0.15) is 0 Å². The van der Waals surface area contributed by atoms with Gasteiger partial charge in [0.25, 0.3) is 5.91 Å². The van der Waals surface area contributed by atoms with Crippen LogP contribution in [-0.4, -0.2) is 41.0 Å². The summed E-state index contributed by atoms with van der Waals surface area (Å²) in [6.45, 7) is 2.61. The highest BCUT2D eigenvalue weighted by Crippen LogP contribution is 2.37. The maximum atomic E-state index is 13.5. The number of aromatic nitrogens is 2. The molecule has 9 nitrogen and oxygen atoms in total. The molecule has 0 saturated carbocycles. The van der Waals surface area contributed by atoms with Crippen molar-refractivity contribution in [3.63, 3.8) is 0 Å². The highest BCUT2D eigenvalue weighted by molar-refractivity contribution is 5.92. The van der Waals surface area contributed by atoms with Crippen molar-refractivity contribution in [1.82, 2.24) is 9.97 Å². The van der Waals surface area contributed by atoms with Crippen molar-refractivity contribution < 1.29 is 18.7 Å². The Morgan fingerprint density at radius 2 is 1.88 bits per heavy atom. The van der Waals surface area contributed by atoms with Crippen molar-refractivity contribution in [2.75, 3.05) is 23.4 Å². The standard InChI is InChI=1S/C22H21FN6O3/c1-12(20(24)30)26-19-11-16(21(25)31)27-22(28-19)13-2-5-15(6-3-13)29-8-9-32-18-10-14(23)4-7-17(18)29/h2-7,10-12H,8-9H2,1H3,(H2,24,30)(H2,25,31)(H,26,27,28). The van der Waals surface area contributed by atoms with Crippen LogP contribution in [0.15, 0.2) is 48.5 Å². The molecular weight excluding hydrogens is 415 g/mol. The van der Waals surface area contributed by atoms with E-state index in [0.717, 1.165) is 11.4 Å². The van der Waals surface area contributed by atoms with Crippen LogP contribution in [0.1, 0.15) is 17.4 Å². The molecule has 0 saturated heterocycles. The van der Waals surface area contributed by atoms with Crippen molar-refractivity contribution in [1.29, 1.82) is 0 Å². The van der Waals surface area contributed by atoms with Gasteiger partial charge in [-0.25, -0.2) is 14.4 Å². The number of carbonyl (C=O) groups excluding carboxylic acids is 2. The molecule has 2 amide bonds. The first kappa shape index (κ1) is 21.0. The van der Waals surface area contributed by atoms with Gasteiger partial charge in [0.1, 0.15) is 35.7 Å². The minimum atomic E-state index is -0.725. The van der Waals surface area contributed by atoms with Crippen LogP contribution >= 0.6 is 0 Å². The number of benzene rings is 2. The normalized spacial score (nSPS) is 13.6. The number of hydrogen-bond donors (Lipinski definition) is 3. The zero-order valence-corrected chi connectivity index (χ0v) is 17.2. The van der Waals surface area contributed by atoms with Crippen molar-refractivity contribution in [3.05, 3.63) is 60.0 Å². The summed E-state index contributed by atoms with van der Waals surface area (Å²) in [5.41, 5.74) is 13.0. The lowest BCUT2D eigenvalue weighted by Crippen LogP contribution is -2.33. The van der Waals surface area contributed by atoms with Gasteiger partial charge in [0.15, 0.2) is 5.82 Å². The number of amides is 2. The third kappa shape index (κ3) is 4.29. The summed E-state index contributed by atoms with van der Waals surface area (Å²) in [5, 5.41) is 2.84. The zero-order valence-electron chi connectivity index (χ0n) is 17.2. The van der Waals surface area contributed by atoms with Crippen LogP contribution in [0, 0.1) is 5.82 Å². The molecule has 32 heavy (non-hydrogen) atoms. The summed E-state index contributed by atoms with van der Waals surface area (Å²) < 4.78 is 19.1. The predicted molar refractivity (Wildman–Crippen MR) is 117 cm³/mol. The van der Waals surface area contributed by atoms with Gasteiger partial charge >= 0.3 is 0 Å². The van der Waals surface area contributed by atoms with Gasteiger partial charge < -0.3 is 26.4 Å². The third-order valence-corrected chi connectivity index (χ3v) is 4.99. The fourth-order valence-corrected chi connectivity index (χ4v) is 3.32. The molecule has 1 aliphatic rings. The van der Waals surface area contributed by atoms with Crippen LogP contribution in [0.25, 0.3) is 11.4 Å². The van der Waals surface area contributed by atoms with Crippen molar-refractivity contribution >= 4 is 29.0 Å². The molecule has 0 aliphatic carbocycles. The second-order valence-corrected chi connectivity index (χ2v) is 7.25. The highest BCUT2D eigenvalue weighted by Gasteiger charge is 2.20. The van der Waals surface area contributed by atoms with Crippen LogP contribution in [-0.2, 0) is 4.79 Å². The highest BCUT2D eigenvalue weighted by atomic mass is 19.1. The van der Waals surface area contributed by atoms with Gasteiger partial charge in [0, 0.05) is 23.4 Å². The van der Waals surface area contributed by atoms with Gasteiger partial charge in [-0.3, -0.25) is 9.59 Å². The third-order valence-electron chi connectivity index (χ3n) is 4.99. The molecule has 1 aliphatic heterocycles. The Kier molecular flexibility index (Phi) is 5.59. The summed E-state index contributed by atoms with van der Waals surface area (Å²) in [7, 11) is 0. The Morgan fingerprint density at radius 3 is 2.56 bits per heavy atom. The van der Waals surface area contributed by atoms with E-state index in [9.17, 15) is 14.0 Å². The van der Waals surface area contributed by atoms with Gasteiger partial charge in [-0.1, -0.05) is 0 Å². The van der Waals surface area contributed by atoms with E-state index < -0.39 is 17.9 Å². The quantitative estimate of drug-likeness (QED) is 0.539. The molecule has 5 N–H and O–H groups in total. The summed E-state index contributed by atoms with van der Waals surface area (Å²) in [6, 6.07) is 12.4. The van der Waals surface area contributed by atoms with Crippen molar-refractivity contribution in [3.8, 4) is 17.1 Å². The molecule has 0 radical (unpaired) electrons. The molecule has 164 valence electrons. The predicted octanol–water partition coefficient (Wildman–Crippen LogP) is 2.20. The van der Waals surface area contributed by atoms with E-state index in [1.165, 1.54) is 18.2 Å². The van der Waals surface area contributed by atoms with E-state index in [4.69, 9.17) is 16.2 Å². The molecule has 1 unspecified atom stereocenters. The number of carbonyl (C=O) groups is 2. The van der Waals surface area contributed by atoms with Gasteiger partial charge in [-0.05, 0) is 43.3 Å². The summed E-state index contributed by atoms with van der Waals surface area (Å²) in [4.78, 5) is 33.7. The van der Waals surface area contributed by atoms with Crippen molar-refractivity contribution in [2.45, 2.75) is 13.0 Å². The maximum absolute atomic E-state index is 13.5. The Hall–Kier alpha value is -4.21. The molecule has 0 spiro atoms. The van der Waals surface area contributed by atoms with Gasteiger partial charge in [0.05, 0.1) is 12.2 Å². The first-order valence-electron chi connectivity index (χ1n) is 9.87. The van der Waals surface area contributed by atoms with Gasteiger partial charge in [-0.15, -0.1) is 0 Å². The minimum absolute atomic E-state index is 0.00220. The number of hydrogen-bond acceptors (Lipinski definition) is 7. The number of fused-ring (bicyclic) bond motifs is 1. The average molecular weight is 436 g/mol. The minimum Gasteiger partial charge on any atom is -0.489 e. The number of nitrogens with one attached hydrogen (secondary N) is 1. The lowest BCUT2D eigenvalue weighted by Gasteiger charge is -2.31. The Labute approximate surface area is 183 Å². The van der Waals surface area contributed by atoms with Crippen molar-refractivity contribution in [2.24, 2.45) is 11.5 Å². The Balaban J connectivity index is 1.65. The van der Waals surface area contributed by atoms with Crippen LogP contribution < -0.4 is 26.4 Å². The number of primary amides is 2. The Morgan fingerprint density at radius 1 is 1.12 bits per heavy atom. The summed E-state index contributed by atoms with van der Waals surface area (Å²) in [5.74, 6) is -0.655. The molecule has 1 atom stereocenters. The van der Waals surface area contributed by atoms with E-state index in [2.05, 4.69) is 15.3 Å². The largest absolute Gasteiger partial charge is 0.489 e. The van der Waals surface area contributed by atoms with Crippen LogP contribution in [0.3, 0.4) is 0 Å². The maximum Gasteiger partial charge on any atom is 0.267 e. The topological polar surface area (TPSA) is 136 Å². The van der Waals surface area contributed by atoms with Crippen LogP contribution in [0.5, 0.6) is 5.75 Å². The lowest BCUT2D eigenvalue weighted by molar-refractivity contribution is -0.118. The second-order valence-electron chi connectivity index (χ2n) is 7.25. The first-order valence-corrected chi connectivity index (χ1v) is 9.87. The monoisotopic (exact) mass is 436 g/mol. The fraction of sp³-hybridized carbons (Fsp3) is 0.182. The molecular formula is C22H21FN6O3. The lowest BCUT2D eigenvalue weighted by atomic mass is 10.1. The van der Waals surface area contributed by atoms with E-state index in [-0.39, 0.29) is 23.2 Å². The number of anilines is 3. The average Bonchev–Trinajstić information content (AvgIpc) is 2.78. The molecule has 4 rings (SSSR count). The molecule has 3 aromatic rings. The number of ether oxygens (including phenoxy) is 1. The van der Waals surface area contributed by atoms with Gasteiger partial charge in [0.2, 0.25) is 5.91 Å². The van der Waals surface area contributed by atoms with E-state index in [0.29, 0.717) is 24.5 Å². The summed E-state index contributed by atoms with van der Waals surface area (Å²) >= 11 is 0. The van der Waals surface area contributed by atoms with E-state index >= 15 is 0 Å². The van der Waals surface area contributed by atoms with E-state index in [1.807, 2.05) is 17.0 Å². The number of halogens is 1. The molecule has 10 heteroatoms. The van der Waals surface area contributed by atoms with Crippen LogP contribution in [0.4, 0.5) is 21.6 Å².